The highest BCUT2D eigenvalue weighted by molar-refractivity contribution is 8.02. The summed E-state index contributed by atoms with van der Waals surface area (Å²) in [7, 11) is 0. The molecule has 1 aliphatic rings. The molecule has 0 saturated carbocycles. The van der Waals surface area contributed by atoms with Crippen LogP contribution in [0.3, 0.4) is 0 Å². The van der Waals surface area contributed by atoms with Gasteiger partial charge in [0.25, 0.3) is 0 Å². The van der Waals surface area contributed by atoms with Crippen LogP contribution < -0.4 is 0 Å². The molecule has 2 aromatic rings. The fourth-order valence-corrected chi connectivity index (χ4v) is 2.40. The molecule has 0 radical (unpaired) electrons. The Morgan fingerprint density at radius 1 is 1.15 bits per heavy atom. The molecule has 3 rings (SSSR count). The average molecular weight is 210 g/mol. The quantitative estimate of drug-likeness (QED) is 0.642. The molecule has 0 spiro atoms. The highest BCUT2D eigenvalue weighted by atomic mass is 35.5. The lowest BCUT2D eigenvalue weighted by Gasteiger charge is -2.07. The highest BCUT2D eigenvalue weighted by Gasteiger charge is 2.07. The third kappa shape index (κ3) is 1.18. The van der Waals surface area contributed by atoms with E-state index in [4.69, 9.17) is 0 Å². The molecule has 0 atom stereocenters. The monoisotopic (exact) mass is 209 g/mol. The number of nitrogens with zero attached hydrogens (tertiary/aromatic N) is 1. The molecule has 66 valence electrons. The van der Waals surface area contributed by atoms with Crippen molar-refractivity contribution in [1.82, 2.24) is 4.57 Å². The molecule has 2 heterocycles. The number of halogens is 1. The summed E-state index contributed by atoms with van der Waals surface area (Å²) in [4.78, 5) is 1.35. The van der Waals surface area contributed by atoms with Gasteiger partial charge >= 0.3 is 0 Å². The number of benzene rings is 1. The minimum absolute atomic E-state index is 0. The van der Waals surface area contributed by atoms with Crippen molar-refractivity contribution in [2.24, 2.45) is 0 Å². The van der Waals surface area contributed by atoms with Crippen LogP contribution >= 0.6 is 24.2 Å². The summed E-state index contributed by atoms with van der Waals surface area (Å²) in [5.74, 6) is 0. The van der Waals surface area contributed by atoms with E-state index < -0.39 is 0 Å². The van der Waals surface area contributed by atoms with E-state index >= 15 is 0 Å². The second kappa shape index (κ2) is 3.13. The van der Waals surface area contributed by atoms with Crippen LogP contribution in [0.5, 0.6) is 0 Å². The summed E-state index contributed by atoms with van der Waals surface area (Å²) in [6.07, 6.45) is 4.20. The largest absolute Gasteiger partial charge is 0.322 e. The van der Waals surface area contributed by atoms with E-state index in [1.54, 1.807) is 11.8 Å². The number of para-hydroxylation sites is 1. The van der Waals surface area contributed by atoms with E-state index in [-0.39, 0.29) is 12.4 Å². The van der Waals surface area contributed by atoms with Crippen LogP contribution in [-0.4, -0.2) is 4.57 Å². The summed E-state index contributed by atoms with van der Waals surface area (Å²) < 4.78 is 2.17. The van der Waals surface area contributed by atoms with Gasteiger partial charge in [0.05, 0.1) is 5.52 Å². The van der Waals surface area contributed by atoms with Crippen molar-refractivity contribution in [3.05, 3.63) is 35.9 Å². The van der Waals surface area contributed by atoms with Crippen molar-refractivity contribution >= 4 is 41.3 Å². The second-order valence-corrected chi connectivity index (χ2v) is 3.77. The zero-order valence-electron chi connectivity index (χ0n) is 6.81. The molecule has 0 unspecified atom stereocenters. The summed E-state index contributed by atoms with van der Waals surface area (Å²) in [5, 5.41) is 3.44. The highest BCUT2D eigenvalue weighted by Crippen LogP contribution is 2.32. The Hall–Kier alpha value is -0.860. The van der Waals surface area contributed by atoms with Crippen LogP contribution in [0.25, 0.3) is 17.1 Å². The molecular weight excluding hydrogens is 202 g/mol. The van der Waals surface area contributed by atoms with Gasteiger partial charge in [0, 0.05) is 22.7 Å². The predicted octanol–water partition coefficient (Wildman–Crippen LogP) is 3.60. The van der Waals surface area contributed by atoms with E-state index in [1.807, 2.05) is 0 Å². The van der Waals surface area contributed by atoms with E-state index in [2.05, 4.69) is 46.6 Å². The van der Waals surface area contributed by atoms with Gasteiger partial charge in [-0.15, -0.1) is 12.4 Å². The molecule has 0 fully saturated rings. The smallest absolute Gasteiger partial charge is 0.0662 e. The van der Waals surface area contributed by atoms with Crippen molar-refractivity contribution in [1.29, 1.82) is 0 Å². The number of aromatic nitrogens is 1. The molecule has 0 amide bonds. The van der Waals surface area contributed by atoms with Crippen molar-refractivity contribution < 1.29 is 0 Å². The van der Waals surface area contributed by atoms with Gasteiger partial charge in [-0.3, -0.25) is 0 Å². The first kappa shape index (κ1) is 8.73. The zero-order chi connectivity index (χ0) is 7.97. The molecule has 0 saturated heterocycles. The van der Waals surface area contributed by atoms with E-state index in [1.165, 1.54) is 15.8 Å². The van der Waals surface area contributed by atoms with E-state index in [9.17, 15) is 0 Å². The summed E-state index contributed by atoms with van der Waals surface area (Å²) in [6.45, 7) is 0. The minimum atomic E-state index is 0. The molecule has 0 N–H and O–H groups in total. The van der Waals surface area contributed by atoms with Gasteiger partial charge in [0.2, 0.25) is 0 Å². The molecule has 0 bridgehead atoms. The fraction of sp³-hybridized carbons (Fsp3) is 0. The first-order chi connectivity index (χ1) is 5.95. The summed E-state index contributed by atoms with van der Waals surface area (Å²) >= 11 is 1.78. The Morgan fingerprint density at radius 3 is 3.00 bits per heavy atom. The maximum atomic E-state index is 2.17. The lowest BCUT2D eigenvalue weighted by Crippen LogP contribution is -1.88. The Bertz CT molecular complexity index is 473. The van der Waals surface area contributed by atoms with Gasteiger partial charge in [0.15, 0.2) is 0 Å². The first-order valence-electron chi connectivity index (χ1n) is 3.88. The minimum Gasteiger partial charge on any atom is -0.322 e. The maximum Gasteiger partial charge on any atom is 0.0662 e. The molecular formula is C10H8ClNS. The van der Waals surface area contributed by atoms with Gasteiger partial charge in [-0.05, 0) is 17.5 Å². The molecule has 1 aromatic carbocycles. The molecule has 1 aliphatic heterocycles. The Balaban J connectivity index is 0.000000653. The third-order valence-corrected chi connectivity index (χ3v) is 2.96. The van der Waals surface area contributed by atoms with Crippen molar-refractivity contribution in [3.63, 3.8) is 0 Å². The SMILES string of the molecule is C1=Cn2ccc3cccc(c32)S1.Cl. The van der Waals surface area contributed by atoms with Crippen LogP contribution in [-0.2, 0) is 0 Å². The molecule has 0 aliphatic carbocycles. The normalized spacial score (nSPS) is 12.9. The maximum absolute atomic E-state index is 2.17. The van der Waals surface area contributed by atoms with Gasteiger partial charge in [-0.2, -0.15) is 0 Å². The predicted molar refractivity (Wildman–Crippen MR) is 60.4 cm³/mol. The Labute approximate surface area is 86.8 Å². The summed E-state index contributed by atoms with van der Waals surface area (Å²) in [5.41, 5.74) is 1.34. The molecule has 13 heavy (non-hydrogen) atoms. The zero-order valence-corrected chi connectivity index (χ0v) is 8.44. The van der Waals surface area contributed by atoms with Crippen LogP contribution in [0.4, 0.5) is 0 Å². The topological polar surface area (TPSA) is 4.93 Å². The van der Waals surface area contributed by atoms with Crippen molar-refractivity contribution in [2.45, 2.75) is 4.90 Å². The van der Waals surface area contributed by atoms with Crippen LogP contribution in [0.2, 0.25) is 0 Å². The number of thioether (sulfide) groups is 1. The summed E-state index contributed by atoms with van der Waals surface area (Å²) in [6, 6.07) is 8.56. The first-order valence-corrected chi connectivity index (χ1v) is 4.76. The average Bonchev–Trinajstić information content (AvgIpc) is 2.52. The van der Waals surface area contributed by atoms with Crippen LogP contribution in [0.15, 0.2) is 40.8 Å². The van der Waals surface area contributed by atoms with Gasteiger partial charge in [-0.1, -0.05) is 23.9 Å². The van der Waals surface area contributed by atoms with Gasteiger partial charge in [0.1, 0.15) is 0 Å². The lowest BCUT2D eigenvalue weighted by molar-refractivity contribution is 1.20. The molecule has 1 nitrogen and oxygen atoms in total. The molecule has 3 heteroatoms. The van der Waals surface area contributed by atoms with Gasteiger partial charge in [-0.25, -0.2) is 0 Å². The molecule has 1 aromatic heterocycles. The number of rotatable bonds is 0. The second-order valence-electron chi connectivity index (χ2n) is 2.82. The van der Waals surface area contributed by atoms with Crippen LogP contribution in [0, 0.1) is 0 Å². The number of hydrogen-bond donors (Lipinski definition) is 0. The fourth-order valence-electron chi connectivity index (χ4n) is 1.57. The van der Waals surface area contributed by atoms with Crippen molar-refractivity contribution in [3.8, 4) is 0 Å². The standard InChI is InChI=1S/C10H7NS.ClH/c1-2-8-4-5-11-6-7-12-9(3-1)10(8)11;/h1-7H;1H. The Kier molecular flexibility index (Phi) is 2.10. The van der Waals surface area contributed by atoms with Crippen molar-refractivity contribution in [2.75, 3.05) is 0 Å². The third-order valence-electron chi connectivity index (χ3n) is 2.12. The number of hydrogen-bond acceptors (Lipinski definition) is 1. The van der Waals surface area contributed by atoms with E-state index in [0.717, 1.165) is 0 Å². The van der Waals surface area contributed by atoms with E-state index in [0.29, 0.717) is 0 Å². The Morgan fingerprint density at radius 2 is 2.08 bits per heavy atom. The van der Waals surface area contributed by atoms with Crippen LogP contribution in [0.1, 0.15) is 0 Å². The van der Waals surface area contributed by atoms with Gasteiger partial charge < -0.3 is 4.57 Å². The lowest BCUT2D eigenvalue weighted by atomic mass is 10.2.